The highest BCUT2D eigenvalue weighted by Crippen LogP contribution is 2.45. The minimum Gasteiger partial charge on any atom is -0.491 e. The number of ether oxygens (including phenoxy) is 6. The minimum absolute atomic E-state index is 0.157. The van der Waals surface area contributed by atoms with E-state index in [4.69, 9.17) is 38.4 Å². The smallest absolute Gasteiger partial charge is 0.130 e. The average molecular weight is 945 g/mol. The van der Waals surface area contributed by atoms with Crippen molar-refractivity contribution in [3.05, 3.63) is 175 Å². The molecule has 0 N–H and O–H groups in total. The molecule has 6 aromatic rings. The lowest BCUT2D eigenvalue weighted by molar-refractivity contribution is 0.0273. The van der Waals surface area contributed by atoms with Gasteiger partial charge in [0.2, 0.25) is 0 Å². The lowest BCUT2D eigenvalue weighted by atomic mass is 9.79. The van der Waals surface area contributed by atoms with Crippen molar-refractivity contribution in [3.8, 4) is 23.0 Å². The Morgan fingerprint density at radius 3 is 0.971 bits per heavy atom. The topological polar surface area (TPSA) is 81.2 Å². The normalized spacial score (nSPS) is 15.1. The van der Waals surface area contributed by atoms with Gasteiger partial charge in [-0.05, 0) is 113 Å². The monoisotopic (exact) mass is 945 g/mol. The highest BCUT2D eigenvalue weighted by atomic mass is 16.6. The number of fused-ring (bicyclic) bond motifs is 4. The standard InChI is InChI=1S/C62H76N2O6/c1-59(2,3)49-31-41-27-42-32-50(60(4,5)6)34-44-29-46-36-52(62(10,11)12)38-48(58(46)70-40-54-18-14-16-20-64-54)30-47-37-51(61(7,8)9)35-45(57(47)69-39-53-17-13-15-19-63-53)28-43(33-49)55(41)67-25-23-65-21-22-66-24-26-68-56(42)44/h13-20,31-38H,21-30,39-40H2,1-12H3. The van der Waals surface area contributed by atoms with Gasteiger partial charge in [0.15, 0.2) is 0 Å². The minimum atomic E-state index is -0.174. The van der Waals surface area contributed by atoms with Crippen LogP contribution in [0.3, 0.4) is 0 Å². The third-order valence-electron chi connectivity index (χ3n) is 13.5. The first-order chi connectivity index (χ1) is 33.2. The Morgan fingerprint density at radius 2 is 0.671 bits per heavy atom. The van der Waals surface area contributed by atoms with Crippen LogP contribution in [-0.4, -0.2) is 49.6 Å². The van der Waals surface area contributed by atoms with Gasteiger partial charge in [-0.25, -0.2) is 0 Å². The molecule has 2 aliphatic rings. The van der Waals surface area contributed by atoms with Gasteiger partial charge in [-0.2, -0.15) is 0 Å². The van der Waals surface area contributed by atoms with E-state index in [1.165, 1.54) is 22.3 Å². The second-order valence-corrected chi connectivity index (χ2v) is 23.3. The lowest BCUT2D eigenvalue weighted by Gasteiger charge is -2.29. The summed E-state index contributed by atoms with van der Waals surface area (Å²) in [5.41, 5.74) is 14.8. The molecule has 0 radical (unpaired) electrons. The summed E-state index contributed by atoms with van der Waals surface area (Å²) in [5, 5.41) is 0. The highest BCUT2D eigenvalue weighted by Gasteiger charge is 2.30. The van der Waals surface area contributed by atoms with Crippen molar-refractivity contribution in [2.45, 2.75) is 144 Å². The quantitative estimate of drug-likeness (QED) is 0.163. The van der Waals surface area contributed by atoms with Gasteiger partial charge in [0.05, 0.1) is 37.8 Å². The maximum atomic E-state index is 7.17. The molecule has 370 valence electrons. The molecule has 0 saturated carbocycles. The molecule has 1 aliphatic heterocycles. The molecule has 8 heteroatoms. The van der Waals surface area contributed by atoms with E-state index in [1.54, 1.807) is 0 Å². The van der Waals surface area contributed by atoms with Crippen LogP contribution < -0.4 is 18.9 Å². The van der Waals surface area contributed by atoms with Crippen LogP contribution >= 0.6 is 0 Å². The molecule has 0 saturated heterocycles. The summed E-state index contributed by atoms with van der Waals surface area (Å²) in [4.78, 5) is 9.42. The van der Waals surface area contributed by atoms with E-state index in [0.29, 0.717) is 78.5 Å². The van der Waals surface area contributed by atoms with E-state index in [9.17, 15) is 0 Å². The number of pyridine rings is 2. The zero-order chi connectivity index (χ0) is 49.8. The summed E-state index contributed by atoms with van der Waals surface area (Å²) in [6.45, 7) is 30.8. The van der Waals surface area contributed by atoms with Crippen LogP contribution in [0.5, 0.6) is 23.0 Å². The molecule has 70 heavy (non-hydrogen) atoms. The molecule has 0 unspecified atom stereocenters. The van der Waals surface area contributed by atoms with Gasteiger partial charge in [-0.1, -0.05) is 144 Å². The third-order valence-corrected chi connectivity index (χ3v) is 13.5. The first-order valence-corrected chi connectivity index (χ1v) is 25.3. The van der Waals surface area contributed by atoms with Gasteiger partial charge < -0.3 is 28.4 Å². The lowest BCUT2D eigenvalue weighted by Crippen LogP contribution is -2.18. The Balaban J connectivity index is 1.49. The summed E-state index contributed by atoms with van der Waals surface area (Å²) in [6.07, 6.45) is 5.96. The van der Waals surface area contributed by atoms with Crippen LogP contribution in [0.1, 0.15) is 161 Å². The van der Waals surface area contributed by atoms with Crippen molar-refractivity contribution in [2.75, 3.05) is 39.6 Å². The predicted molar refractivity (Wildman–Crippen MR) is 282 cm³/mol. The van der Waals surface area contributed by atoms with Crippen molar-refractivity contribution in [1.29, 1.82) is 0 Å². The van der Waals surface area contributed by atoms with Gasteiger partial charge in [0.25, 0.3) is 0 Å². The van der Waals surface area contributed by atoms with Crippen molar-refractivity contribution >= 4 is 0 Å². The molecule has 10 bridgehead atoms. The van der Waals surface area contributed by atoms with Crippen LogP contribution in [0.2, 0.25) is 0 Å². The van der Waals surface area contributed by atoms with Crippen molar-refractivity contribution < 1.29 is 28.4 Å². The maximum Gasteiger partial charge on any atom is 0.130 e. The summed E-state index contributed by atoms with van der Waals surface area (Å²) >= 11 is 0. The number of aromatic nitrogens is 2. The van der Waals surface area contributed by atoms with E-state index in [2.05, 4.69) is 132 Å². The van der Waals surface area contributed by atoms with Gasteiger partial charge in [-0.15, -0.1) is 0 Å². The summed E-state index contributed by atoms with van der Waals surface area (Å²) in [5.74, 6) is 3.48. The van der Waals surface area contributed by atoms with Crippen LogP contribution in [0.25, 0.3) is 0 Å². The molecule has 8 rings (SSSR count). The second kappa shape index (κ2) is 20.9. The number of hydrogen-bond acceptors (Lipinski definition) is 8. The first-order valence-electron chi connectivity index (χ1n) is 25.3. The Hall–Kier alpha value is -5.70. The third kappa shape index (κ3) is 12.4. The van der Waals surface area contributed by atoms with E-state index >= 15 is 0 Å². The second-order valence-electron chi connectivity index (χ2n) is 23.3. The summed E-state index contributed by atoms with van der Waals surface area (Å²) < 4.78 is 40.6. The van der Waals surface area contributed by atoms with E-state index in [0.717, 1.165) is 78.9 Å². The number of nitrogens with zero attached hydrogens (tertiary/aromatic N) is 2. The zero-order valence-corrected chi connectivity index (χ0v) is 44.1. The fraction of sp³-hybridized carbons (Fsp3) is 0.452. The van der Waals surface area contributed by atoms with E-state index < -0.39 is 0 Å². The SMILES string of the molecule is CC(C)(C)c1cc2c3c(c1)Cc1cc(C(C)(C)C)cc(c1OCc1ccccn1)Cc1cc(C(C)(C)C)cc(c1OCc1ccccn1)Cc1cc(C(C)(C)C)cc(c1OCCOCCOCCO3)C2. The van der Waals surface area contributed by atoms with E-state index in [-0.39, 0.29) is 21.7 Å². The largest absolute Gasteiger partial charge is 0.491 e. The molecule has 0 spiro atoms. The Kier molecular flexibility index (Phi) is 15.2. The van der Waals surface area contributed by atoms with Gasteiger partial charge >= 0.3 is 0 Å². The van der Waals surface area contributed by atoms with Crippen molar-refractivity contribution in [2.24, 2.45) is 0 Å². The fourth-order valence-electron chi connectivity index (χ4n) is 9.35. The molecular weight excluding hydrogens is 869 g/mol. The van der Waals surface area contributed by atoms with Crippen LogP contribution in [-0.2, 0) is 70.0 Å². The average Bonchev–Trinajstić information content (AvgIpc) is 3.29. The van der Waals surface area contributed by atoms with Crippen LogP contribution in [0.15, 0.2) is 97.3 Å². The van der Waals surface area contributed by atoms with Gasteiger partial charge in [0.1, 0.15) is 49.4 Å². The molecule has 0 atom stereocenters. The van der Waals surface area contributed by atoms with Gasteiger partial charge in [0, 0.05) is 38.1 Å². The van der Waals surface area contributed by atoms with Crippen LogP contribution in [0.4, 0.5) is 0 Å². The number of benzene rings is 4. The molecule has 2 aromatic heterocycles. The Morgan fingerprint density at radius 1 is 0.386 bits per heavy atom. The first kappa shape index (κ1) is 50.7. The molecule has 3 heterocycles. The number of hydrogen-bond donors (Lipinski definition) is 0. The molecule has 0 amide bonds. The molecule has 8 nitrogen and oxygen atoms in total. The maximum absolute atomic E-state index is 7.17. The molecular formula is C62H76N2O6. The molecule has 1 aliphatic carbocycles. The van der Waals surface area contributed by atoms with Crippen molar-refractivity contribution in [3.63, 3.8) is 0 Å². The Labute approximate surface area is 418 Å². The Bertz CT molecular complexity index is 2570. The summed E-state index contributed by atoms with van der Waals surface area (Å²) in [7, 11) is 0. The predicted octanol–water partition coefficient (Wildman–Crippen LogP) is 13.3. The zero-order valence-electron chi connectivity index (χ0n) is 44.1. The van der Waals surface area contributed by atoms with Crippen molar-refractivity contribution in [1.82, 2.24) is 9.97 Å². The van der Waals surface area contributed by atoms with Crippen LogP contribution in [0, 0.1) is 0 Å². The fourth-order valence-corrected chi connectivity index (χ4v) is 9.35. The molecule has 0 fully saturated rings. The van der Waals surface area contributed by atoms with E-state index in [1.807, 2.05) is 48.8 Å². The molecule has 4 aromatic carbocycles. The van der Waals surface area contributed by atoms with Gasteiger partial charge in [-0.3, -0.25) is 9.97 Å². The highest BCUT2D eigenvalue weighted by molar-refractivity contribution is 5.60. The summed E-state index contributed by atoms with van der Waals surface area (Å²) in [6, 6.07) is 30.9. The number of rotatable bonds is 6.